The Kier molecular flexibility index (Phi) is 4.81. The molecule has 0 atom stereocenters. The summed E-state index contributed by atoms with van der Waals surface area (Å²) >= 11 is 0. The Morgan fingerprint density at radius 1 is 1.58 bits per heavy atom. The Morgan fingerprint density at radius 2 is 2.21 bits per heavy atom. The Balaban J connectivity index is 0.00000180. The van der Waals surface area contributed by atoms with Gasteiger partial charge in [0, 0.05) is 38.4 Å². The van der Waals surface area contributed by atoms with Gasteiger partial charge in [-0.2, -0.15) is 18.3 Å². The number of rotatable bonds is 3. The summed E-state index contributed by atoms with van der Waals surface area (Å²) in [6.07, 6.45) is -3.23. The topological polar surface area (TPSA) is 59.0 Å². The molecule has 1 aliphatic heterocycles. The molecule has 2 N–H and O–H groups in total. The minimum atomic E-state index is -4.50. The molecule has 2 rings (SSSR count). The molecular formula is C10H14ClF3N4O. The predicted octanol–water partition coefficient (Wildman–Crippen LogP) is 0.696. The number of halogens is 4. The van der Waals surface area contributed by atoms with E-state index in [4.69, 9.17) is 0 Å². The summed E-state index contributed by atoms with van der Waals surface area (Å²) in [6, 6.07) is 0. The van der Waals surface area contributed by atoms with Crippen LogP contribution in [0.15, 0.2) is 6.20 Å². The minimum absolute atomic E-state index is 0. The summed E-state index contributed by atoms with van der Waals surface area (Å²) < 4.78 is 39.0. The molecular weight excluding hydrogens is 285 g/mol. The second-order valence-corrected chi connectivity index (χ2v) is 4.25. The normalized spacial score (nSPS) is 15.6. The molecule has 1 amide bonds. The van der Waals surface area contributed by atoms with Crippen LogP contribution in [-0.2, 0) is 24.6 Å². The van der Waals surface area contributed by atoms with Gasteiger partial charge in [0.15, 0.2) is 5.69 Å². The van der Waals surface area contributed by atoms with Crippen LogP contribution in [0.25, 0.3) is 0 Å². The van der Waals surface area contributed by atoms with Crippen molar-refractivity contribution in [1.82, 2.24) is 20.4 Å². The highest BCUT2D eigenvalue weighted by atomic mass is 35.5. The van der Waals surface area contributed by atoms with Gasteiger partial charge in [-0.05, 0) is 0 Å². The van der Waals surface area contributed by atoms with Gasteiger partial charge in [0.25, 0.3) is 0 Å². The van der Waals surface area contributed by atoms with Crippen molar-refractivity contribution in [2.45, 2.75) is 12.7 Å². The lowest BCUT2D eigenvalue weighted by Crippen LogP contribution is -2.50. The third-order valence-electron chi connectivity index (χ3n) is 2.78. The third kappa shape index (κ3) is 3.60. The number of hydrogen-bond donors (Lipinski definition) is 2. The molecule has 9 heteroatoms. The lowest BCUT2D eigenvalue weighted by Gasteiger charge is -2.25. The number of alkyl halides is 3. The zero-order chi connectivity index (χ0) is 13.3. The Labute approximate surface area is 113 Å². The van der Waals surface area contributed by atoms with Crippen LogP contribution in [0.1, 0.15) is 11.3 Å². The van der Waals surface area contributed by atoms with Gasteiger partial charge in [0.05, 0.1) is 5.92 Å². The fourth-order valence-corrected chi connectivity index (χ4v) is 1.71. The van der Waals surface area contributed by atoms with Crippen LogP contribution in [-0.4, -0.2) is 28.8 Å². The van der Waals surface area contributed by atoms with Gasteiger partial charge >= 0.3 is 6.18 Å². The fourth-order valence-electron chi connectivity index (χ4n) is 1.71. The Morgan fingerprint density at radius 3 is 2.68 bits per heavy atom. The molecule has 108 valence electrons. The van der Waals surface area contributed by atoms with Crippen molar-refractivity contribution in [3.63, 3.8) is 0 Å². The van der Waals surface area contributed by atoms with Crippen molar-refractivity contribution in [2.75, 3.05) is 13.1 Å². The SMILES string of the molecule is Cl.Cn1cc(CNC(=O)C2CNC2)c(C(F)(F)F)n1. The molecule has 1 aliphatic rings. The monoisotopic (exact) mass is 298 g/mol. The molecule has 2 heterocycles. The number of carbonyl (C=O) groups excluding carboxylic acids is 1. The first kappa shape index (κ1) is 15.8. The van der Waals surface area contributed by atoms with Crippen LogP contribution in [0, 0.1) is 5.92 Å². The number of carbonyl (C=O) groups is 1. The maximum Gasteiger partial charge on any atom is 0.435 e. The van der Waals surface area contributed by atoms with Gasteiger partial charge in [0.1, 0.15) is 0 Å². The lowest BCUT2D eigenvalue weighted by atomic mass is 10.0. The van der Waals surface area contributed by atoms with Gasteiger partial charge in [-0.1, -0.05) is 0 Å². The van der Waals surface area contributed by atoms with Crippen molar-refractivity contribution in [2.24, 2.45) is 13.0 Å². The number of aryl methyl sites for hydroxylation is 1. The molecule has 0 aliphatic carbocycles. The first-order chi connectivity index (χ1) is 8.38. The Bertz CT molecular complexity index is 456. The van der Waals surface area contributed by atoms with E-state index in [1.807, 2.05) is 0 Å². The largest absolute Gasteiger partial charge is 0.435 e. The average Bonchev–Trinajstić information content (AvgIpc) is 2.53. The maximum atomic E-state index is 12.6. The summed E-state index contributed by atoms with van der Waals surface area (Å²) in [5.41, 5.74) is -0.970. The number of amides is 1. The molecule has 0 aromatic carbocycles. The number of aromatic nitrogens is 2. The van der Waals surface area contributed by atoms with Gasteiger partial charge in [-0.15, -0.1) is 12.4 Å². The van der Waals surface area contributed by atoms with E-state index in [0.29, 0.717) is 13.1 Å². The zero-order valence-corrected chi connectivity index (χ0v) is 10.9. The molecule has 1 aromatic heterocycles. The molecule has 1 saturated heterocycles. The van der Waals surface area contributed by atoms with E-state index in [0.717, 1.165) is 4.68 Å². The molecule has 0 spiro atoms. The van der Waals surface area contributed by atoms with Gasteiger partial charge in [-0.3, -0.25) is 9.48 Å². The fraction of sp³-hybridized carbons (Fsp3) is 0.600. The van der Waals surface area contributed by atoms with Gasteiger partial charge in [-0.25, -0.2) is 0 Å². The quantitative estimate of drug-likeness (QED) is 0.863. The van der Waals surface area contributed by atoms with Crippen LogP contribution in [0.5, 0.6) is 0 Å². The van der Waals surface area contributed by atoms with Crippen LogP contribution in [0.3, 0.4) is 0 Å². The van der Waals surface area contributed by atoms with E-state index < -0.39 is 11.9 Å². The zero-order valence-electron chi connectivity index (χ0n) is 10.1. The van der Waals surface area contributed by atoms with Crippen molar-refractivity contribution >= 4 is 18.3 Å². The first-order valence-electron chi connectivity index (χ1n) is 5.46. The van der Waals surface area contributed by atoms with E-state index in [1.165, 1.54) is 13.2 Å². The van der Waals surface area contributed by atoms with E-state index >= 15 is 0 Å². The van der Waals surface area contributed by atoms with E-state index in [9.17, 15) is 18.0 Å². The summed E-state index contributed by atoms with van der Waals surface area (Å²) in [6.45, 7) is 0.994. The van der Waals surface area contributed by atoms with Crippen molar-refractivity contribution in [3.05, 3.63) is 17.5 Å². The number of nitrogens with zero attached hydrogens (tertiary/aromatic N) is 2. The molecule has 19 heavy (non-hydrogen) atoms. The van der Waals surface area contributed by atoms with E-state index in [1.54, 1.807) is 0 Å². The van der Waals surface area contributed by atoms with Crippen molar-refractivity contribution in [1.29, 1.82) is 0 Å². The molecule has 0 radical (unpaired) electrons. The number of hydrogen-bond acceptors (Lipinski definition) is 3. The highest BCUT2D eigenvalue weighted by molar-refractivity contribution is 5.85. The highest BCUT2D eigenvalue weighted by Crippen LogP contribution is 2.30. The lowest BCUT2D eigenvalue weighted by molar-refractivity contribution is -0.142. The van der Waals surface area contributed by atoms with Crippen molar-refractivity contribution < 1.29 is 18.0 Å². The predicted molar refractivity (Wildman–Crippen MR) is 63.7 cm³/mol. The minimum Gasteiger partial charge on any atom is -0.352 e. The Hall–Kier alpha value is -1.28. The summed E-state index contributed by atoms with van der Waals surface area (Å²) in [4.78, 5) is 11.5. The average molecular weight is 299 g/mol. The van der Waals surface area contributed by atoms with Crippen molar-refractivity contribution in [3.8, 4) is 0 Å². The van der Waals surface area contributed by atoms with Crippen LogP contribution in [0.2, 0.25) is 0 Å². The molecule has 1 aromatic rings. The summed E-state index contributed by atoms with van der Waals surface area (Å²) in [5.74, 6) is -0.373. The molecule has 0 unspecified atom stereocenters. The second kappa shape index (κ2) is 5.79. The molecule has 5 nitrogen and oxygen atoms in total. The highest BCUT2D eigenvalue weighted by Gasteiger charge is 2.37. The molecule has 1 fully saturated rings. The maximum absolute atomic E-state index is 12.6. The third-order valence-corrected chi connectivity index (χ3v) is 2.78. The van der Waals surface area contributed by atoms with Crippen LogP contribution in [0.4, 0.5) is 13.2 Å². The molecule has 0 bridgehead atoms. The summed E-state index contributed by atoms with van der Waals surface area (Å²) in [5, 5.41) is 8.78. The van der Waals surface area contributed by atoms with Crippen LogP contribution < -0.4 is 10.6 Å². The summed E-state index contributed by atoms with van der Waals surface area (Å²) in [7, 11) is 1.41. The van der Waals surface area contributed by atoms with E-state index in [-0.39, 0.29) is 36.3 Å². The van der Waals surface area contributed by atoms with Crippen LogP contribution >= 0.6 is 12.4 Å². The first-order valence-corrected chi connectivity index (χ1v) is 5.46. The standard InChI is InChI=1S/C10H13F3N4O.ClH/c1-17-5-7(8(16-17)10(11,12)13)4-15-9(18)6-2-14-3-6;/h5-6,14H,2-4H2,1H3,(H,15,18);1H. The molecule has 0 saturated carbocycles. The van der Waals surface area contributed by atoms with E-state index in [2.05, 4.69) is 15.7 Å². The second-order valence-electron chi connectivity index (χ2n) is 4.25. The van der Waals surface area contributed by atoms with Gasteiger partial charge < -0.3 is 10.6 Å². The smallest absolute Gasteiger partial charge is 0.352 e. The van der Waals surface area contributed by atoms with Gasteiger partial charge in [0.2, 0.25) is 5.91 Å². The number of nitrogens with one attached hydrogen (secondary N) is 2.